The molecule has 4 rings (SSSR count). The molecule has 0 bridgehead atoms. The molecule has 0 fully saturated rings. The van der Waals surface area contributed by atoms with Gasteiger partial charge in [-0.1, -0.05) is 34.1 Å². The van der Waals surface area contributed by atoms with E-state index in [1.807, 2.05) is 12.1 Å². The van der Waals surface area contributed by atoms with Crippen molar-refractivity contribution in [2.75, 3.05) is 17.9 Å². The number of para-hydroxylation sites is 1. The van der Waals surface area contributed by atoms with Crippen molar-refractivity contribution in [1.29, 1.82) is 0 Å². The summed E-state index contributed by atoms with van der Waals surface area (Å²) >= 11 is 3.27. The Labute approximate surface area is 210 Å². The fraction of sp³-hybridized carbons (Fsp3) is 0.120. The van der Waals surface area contributed by atoms with Gasteiger partial charge in [0.05, 0.1) is 12.2 Å². The molecule has 0 saturated heterocycles. The van der Waals surface area contributed by atoms with Gasteiger partial charge in [-0.05, 0) is 61.5 Å². The Balaban J connectivity index is 1.40. The maximum absolute atomic E-state index is 12.9. The van der Waals surface area contributed by atoms with E-state index in [-0.39, 0.29) is 27.7 Å². The molecular formula is C25H20BrNO7S. The van der Waals surface area contributed by atoms with E-state index in [1.165, 1.54) is 30.3 Å². The van der Waals surface area contributed by atoms with Crippen LogP contribution in [-0.2, 0) is 14.8 Å². The van der Waals surface area contributed by atoms with E-state index in [0.29, 0.717) is 16.7 Å². The lowest BCUT2D eigenvalue weighted by Crippen LogP contribution is -2.15. The van der Waals surface area contributed by atoms with E-state index in [0.717, 1.165) is 5.39 Å². The van der Waals surface area contributed by atoms with Crippen LogP contribution in [0.1, 0.15) is 27.8 Å². The molecule has 35 heavy (non-hydrogen) atoms. The summed E-state index contributed by atoms with van der Waals surface area (Å²) in [7, 11) is -3.96. The van der Waals surface area contributed by atoms with Crippen LogP contribution in [0.25, 0.3) is 11.0 Å². The molecule has 0 aliphatic rings. The quantitative estimate of drug-likeness (QED) is 0.215. The predicted molar refractivity (Wildman–Crippen MR) is 133 cm³/mol. The van der Waals surface area contributed by atoms with Crippen LogP contribution in [0, 0.1) is 0 Å². The topological polar surface area (TPSA) is 112 Å². The van der Waals surface area contributed by atoms with Gasteiger partial charge in [0, 0.05) is 15.5 Å². The number of ketones is 1. The van der Waals surface area contributed by atoms with Crippen molar-refractivity contribution >= 4 is 54.4 Å². The van der Waals surface area contributed by atoms with Gasteiger partial charge in [-0.25, -0.2) is 13.2 Å². The van der Waals surface area contributed by atoms with Crippen LogP contribution in [0.15, 0.2) is 86.6 Å². The highest BCUT2D eigenvalue weighted by Crippen LogP contribution is 2.29. The van der Waals surface area contributed by atoms with E-state index in [1.54, 1.807) is 37.3 Å². The number of Topliss-reactive ketones (excluding diaryl/α,β-unsaturated/α-hetero) is 1. The molecule has 180 valence electrons. The van der Waals surface area contributed by atoms with Crippen molar-refractivity contribution in [1.82, 2.24) is 0 Å². The monoisotopic (exact) mass is 557 g/mol. The van der Waals surface area contributed by atoms with Gasteiger partial charge in [0.25, 0.3) is 10.0 Å². The highest BCUT2D eigenvalue weighted by atomic mass is 79.9. The number of benzene rings is 3. The molecule has 0 atom stereocenters. The molecule has 1 N–H and O–H groups in total. The van der Waals surface area contributed by atoms with Crippen LogP contribution < -0.4 is 9.46 Å². The molecule has 0 saturated carbocycles. The second kappa shape index (κ2) is 10.3. The van der Waals surface area contributed by atoms with E-state index in [9.17, 15) is 18.0 Å². The van der Waals surface area contributed by atoms with Crippen LogP contribution in [0.5, 0.6) is 5.75 Å². The van der Waals surface area contributed by atoms with Crippen molar-refractivity contribution in [3.05, 3.63) is 88.6 Å². The van der Waals surface area contributed by atoms with Crippen molar-refractivity contribution in [3.63, 3.8) is 0 Å². The second-order valence-electron chi connectivity index (χ2n) is 7.35. The molecule has 0 unspecified atom stereocenters. The number of rotatable bonds is 9. The minimum absolute atomic E-state index is 0.0266. The maximum Gasteiger partial charge on any atom is 0.338 e. The molecule has 1 heterocycles. The summed E-state index contributed by atoms with van der Waals surface area (Å²) in [5.74, 6) is -0.882. The summed E-state index contributed by atoms with van der Waals surface area (Å²) < 4.78 is 44.8. The Morgan fingerprint density at radius 1 is 1.00 bits per heavy atom. The Hall–Kier alpha value is -3.63. The Morgan fingerprint density at radius 3 is 2.46 bits per heavy atom. The van der Waals surface area contributed by atoms with Gasteiger partial charge in [0.2, 0.25) is 5.78 Å². The molecule has 0 amide bonds. The molecule has 0 aliphatic carbocycles. The number of carbonyl (C=O) groups excluding carboxylic acids is 2. The number of halogens is 1. The van der Waals surface area contributed by atoms with E-state index < -0.39 is 28.4 Å². The number of ether oxygens (including phenoxy) is 2. The van der Waals surface area contributed by atoms with Gasteiger partial charge in [-0.3, -0.25) is 9.52 Å². The zero-order valence-corrected chi connectivity index (χ0v) is 20.9. The number of nitrogens with one attached hydrogen (secondary N) is 1. The first-order valence-corrected chi connectivity index (χ1v) is 12.8. The number of furan rings is 1. The van der Waals surface area contributed by atoms with E-state index in [4.69, 9.17) is 13.9 Å². The second-order valence-corrected chi connectivity index (χ2v) is 9.92. The van der Waals surface area contributed by atoms with Gasteiger partial charge in [0.15, 0.2) is 12.4 Å². The lowest BCUT2D eigenvalue weighted by Gasteiger charge is -2.13. The summed E-state index contributed by atoms with van der Waals surface area (Å²) in [6, 6.07) is 19.1. The molecule has 0 spiro atoms. The third-order valence-electron chi connectivity index (χ3n) is 4.90. The molecule has 0 aliphatic heterocycles. The zero-order valence-electron chi connectivity index (χ0n) is 18.5. The summed E-state index contributed by atoms with van der Waals surface area (Å²) in [5.41, 5.74) is 0.960. The van der Waals surface area contributed by atoms with Gasteiger partial charge in [0.1, 0.15) is 16.2 Å². The molecular weight excluding hydrogens is 538 g/mol. The highest BCUT2D eigenvalue weighted by molar-refractivity contribution is 9.10. The Kier molecular flexibility index (Phi) is 7.23. The first-order valence-electron chi connectivity index (χ1n) is 10.5. The number of carbonyl (C=O) groups is 2. The van der Waals surface area contributed by atoms with E-state index >= 15 is 0 Å². The largest absolute Gasteiger partial charge is 0.492 e. The summed E-state index contributed by atoms with van der Waals surface area (Å²) in [4.78, 5) is 24.7. The summed E-state index contributed by atoms with van der Waals surface area (Å²) in [6.45, 7) is 1.57. The standard InChI is InChI=1S/C25H20BrNO7S/c1-2-32-22-12-9-18(26)14-24(22)35(30,31)27-19-10-7-16(8-11-19)25(29)33-15-20(28)23-13-17-5-3-4-6-21(17)34-23/h3-14,27H,2,15H2,1H3. The van der Waals surface area contributed by atoms with Crippen molar-refractivity contribution in [2.24, 2.45) is 0 Å². The normalized spacial score (nSPS) is 11.3. The van der Waals surface area contributed by atoms with Crippen LogP contribution >= 0.6 is 15.9 Å². The van der Waals surface area contributed by atoms with Gasteiger partial charge in [-0.15, -0.1) is 0 Å². The molecule has 10 heteroatoms. The SMILES string of the molecule is CCOc1ccc(Br)cc1S(=O)(=O)Nc1ccc(C(=O)OCC(=O)c2cc3ccccc3o2)cc1. The number of anilines is 1. The third kappa shape index (κ3) is 5.72. The lowest BCUT2D eigenvalue weighted by molar-refractivity contribution is 0.0468. The summed E-state index contributed by atoms with van der Waals surface area (Å²) in [6.07, 6.45) is 0. The smallest absolute Gasteiger partial charge is 0.338 e. The number of hydrogen-bond donors (Lipinski definition) is 1. The summed E-state index contributed by atoms with van der Waals surface area (Å²) in [5, 5.41) is 0.774. The number of hydrogen-bond acceptors (Lipinski definition) is 7. The maximum atomic E-state index is 12.9. The molecule has 3 aromatic carbocycles. The number of sulfonamides is 1. The molecule has 4 aromatic rings. The van der Waals surface area contributed by atoms with Gasteiger partial charge >= 0.3 is 5.97 Å². The van der Waals surface area contributed by atoms with Crippen LogP contribution in [0.4, 0.5) is 5.69 Å². The third-order valence-corrected chi connectivity index (χ3v) is 6.80. The van der Waals surface area contributed by atoms with Crippen LogP contribution in [0.3, 0.4) is 0 Å². The fourth-order valence-electron chi connectivity index (χ4n) is 3.26. The van der Waals surface area contributed by atoms with Gasteiger partial charge < -0.3 is 13.9 Å². The minimum atomic E-state index is -3.96. The average Bonchev–Trinajstić information content (AvgIpc) is 3.28. The van der Waals surface area contributed by atoms with Gasteiger partial charge in [-0.2, -0.15) is 0 Å². The number of fused-ring (bicyclic) bond motifs is 1. The van der Waals surface area contributed by atoms with E-state index in [2.05, 4.69) is 20.7 Å². The van der Waals surface area contributed by atoms with Crippen LogP contribution in [-0.4, -0.2) is 33.4 Å². The Bertz CT molecular complexity index is 1460. The highest BCUT2D eigenvalue weighted by Gasteiger charge is 2.21. The average molecular weight is 558 g/mol. The Morgan fingerprint density at radius 2 is 1.74 bits per heavy atom. The first-order chi connectivity index (χ1) is 16.8. The lowest BCUT2D eigenvalue weighted by atomic mass is 10.2. The molecule has 0 radical (unpaired) electrons. The number of esters is 1. The minimum Gasteiger partial charge on any atom is -0.492 e. The van der Waals surface area contributed by atoms with Crippen molar-refractivity contribution in [2.45, 2.75) is 11.8 Å². The predicted octanol–water partition coefficient (Wildman–Crippen LogP) is 5.43. The fourth-order valence-corrected chi connectivity index (χ4v) is 5.00. The molecule has 8 nitrogen and oxygen atoms in total. The molecule has 1 aromatic heterocycles. The zero-order chi connectivity index (χ0) is 25.0. The van der Waals surface area contributed by atoms with Crippen LogP contribution in [0.2, 0.25) is 0 Å². The van der Waals surface area contributed by atoms with Crippen molar-refractivity contribution in [3.8, 4) is 5.75 Å². The van der Waals surface area contributed by atoms with Crippen molar-refractivity contribution < 1.29 is 31.9 Å². The first kappa shape index (κ1) is 24.5.